The molecule has 0 radical (unpaired) electrons. The van der Waals surface area contributed by atoms with Crippen LogP contribution in [-0.2, 0) is 0 Å². The van der Waals surface area contributed by atoms with E-state index in [1.807, 2.05) is 45.9 Å². The molecule has 2 rings (SSSR count). The van der Waals surface area contributed by atoms with E-state index in [-0.39, 0.29) is 11.8 Å². The summed E-state index contributed by atoms with van der Waals surface area (Å²) >= 11 is 6.01. The third-order valence-electron chi connectivity index (χ3n) is 3.31. The standard InChI is InChI=1S/C17H19ClN2O/c1-10(2)14-8-13(9-16(18)19-14)17(21)20-15-7-11(3)5-6-12(15)4/h5-10H,1-4H3,(H,20,21). The summed E-state index contributed by atoms with van der Waals surface area (Å²) in [4.78, 5) is 16.6. The zero-order valence-electron chi connectivity index (χ0n) is 12.7. The number of carbonyl (C=O) groups is 1. The lowest BCUT2D eigenvalue weighted by Gasteiger charge is -2.11. The summed E-state index contributed by atoms with van der Waals surface area (Å²) in [5.41, 5.74) is 4.29. The lowest BCUT2D eigenvalue weighted by Crippen LogP contribution is -2.14. The molecule has 1 aromatic heterocycles. The Morgan fingerprint density at radius 1 is 1.19 bits per heavy atom. The fourth-order valence-corrected chi connectivity index (χ4v) is 2.22. The quantitative estimate of drug-likeness (QED) is 0.833. The van der Waals surface area contributed by atoms with Crippen molar-refractivity contribution < 1.29 is 4.79 Å². The summed E-state index contributed by atoms with van der Waals surface area (Å²) in [5, 5.41) is 3.28. The van der Waals surface area contributed by atoms with Gasteiger partial charge in [0.1, 0.15) is 5.15 Å². The average Bonchev–Trinajstić information content (AvgIpc) is 2.42. The van der Waals surface area contributed by atoms with Gasteiger partial charge < -0.3 is 5.32 Å². The number of nitrogens with one attached hydrogen (secondary N) is 1. The van der Waals surface area contributed by atoms with Gasteiger partial charge in [0, 0.05) is 16.9 Å². The van der Waals surface area contributed by atoms with Gasteiger partial charge in [-0.05, 0) is 49.1 Å². The van der Waals surface area contributed by atoms with E-state index in [0.29, 0.717) is 10.7 Å². The molecule has 0 aliphatic rings. The smallest absolute Gasteiger partial charge is 0.255 e. The minimum atomic E-state index is -0.171. The molecule has 1 heterocycles. The maximum absolute atomic E-state index is 12.4. The monoisotopic (exact) mass is 302 g/mol. The first kappa shape index (κ1) is 15.5. The molecule has 0 saturated heterocycles. The third-order valence-corrected chi connectivity index (χ3v) is 3.50. The van der Waals surface area contributed by atoms with Crippen LogP contribution in [0.1, 0.15) is 46.9 Å². The first-order valence-corrected chi connectivity index (χ1v) is 7.30. The van der Waals surface area contributed by atoms with Crippen LogP contribution in [0.2, 0.25) is 5.15 Å². The highest BCUT2D eigenvalue weighted by atomic mass is 35.5. The summed E-state index contributed by atoms with van der Waals surface area (Å²) in [6, 6.07) is 9.35. The number of amides is 1. The summed E-state index contributed by atoms with van der Waals surface area (Å²) in [5.74, 6) is 0.0471. The van der Waals surface area contributed by atoms with Gasteiger partial charge in [-0.3, -0.25) is 4.79 Å². The van der Waals surface area contributed by atoms with Crippen molar-refractivity contribution in [3.8, 4) is 0 Å². The number of halogens is 1. The lowest BCUT2D eigenvalue weighted by molar-refractivity contribution is 0.102. The van der Waals surface area contributed by atoms with Crippen LogP contribution in [0, 0.1) is 13.8 Å². The van der Waals surface area contributed by atoms with Crippen molar-refractivity contribution >= 4 is 23.2 Å². The van der Waals surface area contributed by atoms with Gasteiger partial charge in [0.15, 0.2) is 0 Å². The number of anilines is 1. The van der Waals surface area contributed by atoms with Crippen LogP contribution in [-0.4, -0.2) is 10.9 Å². The van der Waals surface area contributed by atoms with Gasteiger partial charge >= 0.3 is 0 Å². The minimum Gasteiger partial charge on any atom is -0.322 e. The summed E-state index contributed by atoms with van der Waals surface area (Å²) in [6.07, 6.45) is 0. The second-order valence-corrected chi connectivity index (χ2v) is 5.92. The number of nitrogens with zero attached hydrogens (tertiary/aromatic N) is 1. The summed E-state index contributed by atoms with van der Waals surface area (Å²) in [6.45, 7) is 8.00. The maximum Gasteiger partial charge on any atom is 0.255 e. The van der Waals surface area contributed by atoms with Crippen molar-refractivity contribution in [1.29, 1.82) is 0 Å². The lowest BCUT2D eigenvalue weighted by atomic mass is 10.1. The van der Waals surface area contributed by atoms with Gasteiger partial charge in [0.05, 0.1) is 0 Å². The Hall–Kier alpha value is -1.87. The van der Waals surface area contributed by atoms with E-state index in [2.05, 4.69) is 10.3 Å². The first-order valence-electron chi connectivity index (χ1n) is 6.93. The Balaban J connectivity index is 2.30. The van der Waals surface area contributed by atoms with Gasteiger partial charge in [-0.25, -0.2) is 4.98 Å². The SMILES string of the molecule is Cc1ccc(C)c(NC(=O)c2cc(Cl)nc(C(C)C)c2)c1. The molecule has 21 heavy (non-hydrogen) atoms. The van der Waals surface area contributed by atoms with Crippen LogP contribution >= 0.6 is 11.6 Å². The second-order valence-electron chi connectivity index (χ2n) is 5.53. The van der Waals surface area contributed by atoms with Crippen LogP contribution in [0.4, 0.5) is 5.69 Å². The van der Waals surface area contributed by atoms with Crippen molar-refractivity contribution in [1.82, 2.24) is 4.98 Å². The van der Waals surface area contributed by atoms with E-state index in [9.17, 15) is 4.79 Å². The van der Waals surface area contributed by atoms with Gasteiger partial charge in [-0.2, -0.15) is 0 Å². The van der Waals surface area contributed by atoms with Crippen molar-refractivity contribution in [3.63, 3.8) is 0 Å². The summed E-state index contributed by atoms with van der Waals surface area (Å²) < 4.78 is 0. The average molecular weight is 303 g/mol. The second kappa shape index (κ2) is 6.27. The highest BCUT2D eigenvalue weighted by Crippen LogP contribution is 2.21. The molecule has 110 valence electrons. The van der Waals surface area contributed by atoms with Crippen LogP contribution < -0.4 is 5.32 Å². The fourth-order valence-electron chi connectivity index (χ4n) is 2.01. The molecule has 0 atom stereocenters. The van der Waals surface area contributed by atoms with Gasteiger partial charge in [-0.15, -0.1) is 0 Å². The van der Waals surface area contributed by atoms with Crippen LogP contribution in [0.5, 0.6) is 0 Å². The number of pyridine rings is 1. The molecule has 1 amide bonds. The van der Waals surface area contributed by atoms with E-state index >= 15 is 0 Å². The van der Waals surface area contributed by atoms with Crippen LogP contribution in [0.15, 0.2) is 30.3 Å². The Morgan fingerprint density at radius 2 is 1.90 bits per heavy atom. The molecule has 0 aliphatic carbocycles. The van der Waals surface area contributed by atoms with Crippen molar-refractivity contribution in [3.05, 3.63) is 57.9 Å². The number of aryl methyl sites for hydroxylation is 2. The van der Waals surface area contributed by atoms with Crippen molar-refractivity contribution in [2.45, 2.75) is 33.6 Å². The molecule has 4 heteroatoms. The van der Waals surface area contributed by atoms with Crippen molar-refractivity contribution in [2.24, 2.45) is 0 Å². The Morgan fingerprint density at radius 3 is 2.57 bits per heavy atom. The first-order chi connectivity index (χ1) is 9.86. The Labute approximate surface area is 130 Å². The van der Waals surface area contributed by atoms with E-state index in [4.69, 9.17) is 11.6 Å². The Bertz CT molecular complexity index is 680. The molecule has 0 bridgehead atoms. The van der Waals surface area contributed by atoms with Gasteiger partial charge in [0.2, 0.25) is 0 Å². The zero-order valence-corrected chi connectivity index (χ0v) is 13.5. The molecular weight excluding hydrogens is 284 g/mol. The molecule has 0 aliphatic heterocycles. The molecule has 0 spiro atoms. The zero-order chi connectivity index (χ0) is 15.6. The molecular formula is C17H19ClN2O. The molecule has 2 aromatic rings. The normalized spacial score (nSPS) is 10.8. The molecule has 0 saturated carbocycles. The summed E-state index contributed by atoms with van der Waals surface area (Å²) in [7, 11) is 0. The number of hydrogen-bond acceptors (Lipinski definition) is 2. The predicted molar refractivity (Wildman–Crippen MR) is 87.2 cm³/mol. The van der Waals surface area contributed by atoms with Gasteiger partial charge in [-0.1, -0.05) is 37.6 Å². The number of aromatic nitrogens is 1. The largest absolute Gasteiger partial charge is 0.322 e. The molecule has 3 nitrogen and oxygen atoms in total. The van der Waals surface area contributed by atoms with E-state index in [1.54, 1.807) is 12.1 Å². The highest BCUT2D eigenvalue weighted by Gasteiger charge is 2.12. The minimum absolute atomic E-state index is 0.171. The maximum atomic E-state index is 12.4. The molecule has 1 aromatic carbocycles. The molecule has 1 N–H and O–H groups in total. The number of carbonyl (C=O) groups excluding carboxylic acids is 1. The predicted octanol–water partition coefficient (Wildman–Crippen LogP) is 4.73. The third kappa shape index (κ3) is 3.82. The number of benzene rings is 1. The van der Waals surface area contributed by atoms with E-state index in [0.717, 1.165) is 22.5 Å². The molecule has 0 unspecified atom stereocenters. The topological polar surface area (TPSA) is 42.0 Å². The molecule has 0 fully saturated rings. The number of rotatable bonds is 3. The highest BCUT2D eigenvalue weighted by molar-refractivity contribution is 6.29. The number of hydrogen-bond donors (Lipinski definition) is 1. The Kier molecular flexibility index (Phi) is 4.63. The van der Waals surface area contributed by atoms with Crippen LogP contribution in [0.25, 0.3) is 0 Å². The van der Waals surface area contributed by atoms with E-state index in [1.165, 1.54) is 0 Å². The van der Waals surface area contributed by atoms with E-state index < -0.39 is 0 Å². The fraction of sp³-hybridized carbons (Fsp3) is 0.294. The van der Waals surface area contributed by atoms with Crippen LogP contribution in [0.3, 0.4) is 0 Å². The van der Waals surface area contributed by atoms with Crippen molar-refractivity contribution in [2.75, 3.05) is 5.32 Å². The van der Waals surface area contributed by atoms with Gasteiger partial charge in [0.25, 0.3) is 5.91 Å².